The molecule has 1 N–H and O–H groups in total. The first-order valence-corrected chi connectivity index (χ1v) is 6.36. The maximum atomic E-state index is 3.47. The minimum atomic E-state index is 0.601. The third-order valence-electron chi connectivity index (χ3n) is 4.04. The highest BCUT2D eigenvalue weighted by molar-refractivity contribution is 5.77. The molecule has 2 aromatic carbocycles. The quantitative estimate of drug-likeness (QED) is 0.665. The first kappa shape index (κ1) is 9.43. The molecule has 4 rings (SSSR count). The molecule has 2 aromatic rings. The average Bonchev–Trinajstić information content (AvgIpc) is 2.64. The maximum absolute atomic E-state index is 3.47. The zero-order valence-electron chi connectivity index (χ0n) is 9.74. The topological polar surface area (TPSA) is 12.0 Å². The van der Waals surface area contributed by atoms with Crippen molar-refractivity contribution in [1.29, 1.82) is 0 Å². The highest BCUT2D eigenvalue weighted by atomic mass is 15.0. The van der Waals surface area contributed by atoms with Crippen LogP contribution in [0.25, 0.3) is 11.1 Å². The van der Waals surface area contributed by atoms with Crippen LogP contribution >= 0.6 is 0 Å². The van der Waals surface area contributed by atoms with Crippen LogP contribution in [0.2, 0.25) is 0 Å². The molecule has 0 bridgehead atoms. The fraction of sp³-hybridized carbons (Fsp3) is 0.250. The molecular weight excluding hydrogens is 206 g/mol. The van der Waals surface area contributed by atoms with E-state index in [4.69, 9.17) is 0 Å². The predicted molar refractivity (Wildman–Crippen MR) is 70.0 cm³/mol. The lowest BCUT2D eigenvalue weighted by Gasteiger charge is -2.28. The fourth-order valence-electron chi connectivity index (χ4n) is 2.95. The van der Waals surface area contributed by atoms with Gasteiger partial charge in [-0.2, -0.15) is 0 Å². The van der Waals surface area contributed by atoms with Gasteiger partial charge in [-0.05, 0) is 47.2 Å². The Morgan fingerprint density at radius 2 is 1.76 bits per heavy atom. The van der Waals surface area contributed by atoms with Gasteiger partial charge in [-0.15, -0.1) is 0 Å². The summed E-state index contributed by atoms with van der Waals surface area (Å²) in [6, 6.07) is 16.3. The van der Waals surface area contributed by atoms with Gasteiger partial charge in [0.15, 0.2) is 0 Å². The van der Waals surface area contributed by atoms with Crippen molar-refractivity contribution >= 4 is 0 Å². The van der Waals surface area contributed by atoms with Crippen molar-refractivity contribution in [3.8, 4) is 11.1 Å². The van der Waals surface area contributed by atoms with Crippen LogP contribution < -0.4 is 5.32 Å². The molecular formula is C16H15N. The van der Waals surface area contributed by atoms with Gasteiger partial charge >= 0.3 is 0 Å². The van der Waals surface area contributed by atoms with Crippen molar-refractivity contribution in [2.24, 2.45) is 0 Å². The number of hydrogen-bond donors (Lipinski definition) is 1. The number of nitrogens with one attached hydrogen (secondary N) is 1. The molecule has 0 saturated carbocycles. The SMILES string of the molecule is c1ccc2c(c1)Cc1cc([C@@H]3CCN3)ccc1-2. The molecule has 84 valence electrons. The smallest absolute Gasteiger partial charge is 0.0332 e. The summed E-state index contributed by atoms with van der Waals surface area (Å²) in [4.78, 5) is 0. The van der Waals surface area contributed by atoms with E-state index in [2.05, 4.69) is 47.8 Å². The van der Waals surface area contributed by atoms with Crippen LogP contribution in [-0.4, -0.2) is 6.54 Å². The van der Waals surface area contributed by atoms with E-state index in [1.54, 1.807) is 0 Å². The molecule has 0 unspecified atom stereocenters. The first-order chi connectivity index (χ1) is 8.42. The van der Waals surface area contributed by atoms with Gasteiger partial charge in [0.2, 0.25) is 0 Å². The Hall–Kier alpha value is -1.60. The lowest BCUT2D eigenvalue weighted by molar-refractivity contribution is 0.383. The van der Waals surface area contributed by atoms with Crippen LogP contribution in [-0.2, 0) is 6.42 Å². The average molecular weight is 221 g/mol. The fourth-order valence-corrected chi connectivity index (χ4v) is 2.95. The zero-order valence-corrected chi connectivity index (χ0v) is 9.74. The Kier molecular flexibility index (Phi) is 1.91. The molecule has 0 amide bonds. The summed E-state index contributed by atoms with van der Waals surface area (Å²) in [7, 11) is 0. The van der Waals surface area contributed by atoms with Crippen LogP contribution in [0.5, 0.6) is 0 Å². The largest absolute Gasteiger partial charge is 0.310 e. The minimum Gasteiger partial charge on any atom is -0.310 e. The lowest BCUT2D eigenvalue weighted by atomic mass is 9.94. The van der Waals surface area contributed by atoms with E-state index in [0.717, 1.165) is 6.42 Å². The van der Waals surface area contributed by atoms with Gasteiger partial charge in [-0.1, -0.05) is 42.5 Å². The number of benzene rings is 2. The van der Waals surface area contributed by atoms with Crippen molar-refractivity contribution in [2.75, 3.05) is 6.54 Å². The molecule has 1 nitrogen and oxygen atoms in total. The Balaban J connectivity index is 1.80. The van der Waals surface area contributed by atoms with Gasteiger partial charge in [-0.3, -0.25) is 0 Å². The number of rotatable bonds is 1. The molecule has 0 radical (unpaired) electrons. The Morgan fingerprint density at radius 3 is 2.59 bits per heavy atom. The summed E-state index contributed by atoms with van der Waals surface area (Å²) in [5.74, 6) is 0. The van der Waals surface area contributed by atoms with E-state index >= 15 is 0 Å². The summed E-state index contributed by atoms with van der Waals surface area (Å²) < 4.78 is 0. The van der Waals surface area contributed by atoms with Gasteiger partial charge in [-0.25, -0.2) is 0 Å². The third-order valence-corrected chi connectivity index (χ3v) is 4.04. The van der Waals surface area contributed by atoms with Gasteiger partial charge in [0, 0.05) is 6.04 Å². The normalized spacial score (nSPS) is 20.6. The molecule has 1 heteroatoms. The highest BCUT2D eigenvalue weighted by Crippen LogP contribution is 2.38. The van der Waals surface area contributed by atoms with Crippen molar-refractivity contribution in [3.05, 3.63) is 59.2 Å². The molecule has 1 aliphatic heterocycles. The van der Waals surface area contributed by atoms with Gasteiger partial charge in [0.25, 0.3) is 0 Å². The molecule has 2 aliphatic rings. The van der Waals surface area contributed by atoms with E-state index in [9.17, 15) is 0 Å². The molecule has 1 aliphatic carbocycles. The molecule has 17 heavy (non-hydrogen) atoms. The standard InChI is InChI=1S/C16H15N/c1-2-4-14-11(3-1)9-13-10-12(5-6-15(13)14)16-7-8-17-16/h1-6,10,16-17H,7-9H2/t16-/m0/s1. The molecule has 1 atom stereocenters. The second-order valence-electron chi connectivity index (χ2n) is 5.05. The van der Waals surface area contributed by atoms with Crippen LogP contribution in [0, 0.1) is 0 Å². The lowest BCUT2D eigenvalue weighted by Crippen LogP contribution is -2.34. The summed E-state index contributed by atoms with van der Waals surface area (Å²) in [5, 5.41) is 3.47. The summed E-state index contributed by atoms with van der Waals surface area (Å²) in [6.07, 6.45) is 2.39. The zero-order chi connectivity index (χ0) is 11.2. The minimum absolute atomic E-state index is 0.601. The van der Waals surface area contributed by atoms with Gasteiger partial charge in [0.05, 0.1) is 0 Å². The first-order valence-electron chi connectivity index (χ1n) is 6.36. The number of hydrogen-bond acceptors (Lipinski definition) is 1. The van der Waals surface area contributed by atoms with Gasteiger partial charge < -0.3 is 5.32 Å². The van der Waals surface area contributed by atoms with E-state index in [1.807, 2.05) is 0 Å². The van der Waals surface area contributed by atoms with E-state index < -0.39 is 0 Å². The summed E-state index contributed by atoms with van der Waals surface area (Å²) in [6.45, 7) is 1.17. The summed E-state index contributed by atoms with van der Waals surface area (Å²) in [5.41, 5.74) is 7.29. The second-order valence-corrected chi connectivity index (χ2v) is 5.05. The molecule has 1 fully saturated rings. The van der Waals surface area contributed by atoms with E-state index in [0.29, 0.717) is 6.04 Å². The predicted octanol–water partition coefficient (Wildman–Crippen LogP) is 3.29. The van der Waals surface area contributed by atoms with Gasteiger partial charge in [0.1, 0.15) is 0 Å². The molecule has 1 saturated heterocycles. The van der Waals surface area contributed by atoms with Crippen LogP contribution in [0.3, 0.4) is 0 Å². The van der Waals surface area contributed by atoms with Crippen LogP contribution in [0.4, 0.5) is 0 Å². The Bertz CT molecular complexity index is 582. The van der Waals surface area contributed by atoms with Crippen molar-refractivity contribution in [3.63, 3.8) is 0 Å². The summed E-state index contributed by atoms with van der Waals surface area (Å²) >= 11 is 0. The van der Waals surface area contributed by atoms with Crippen LogP contribution in [0.15, 0.2) is 42.5 Å². The Labute approximate surface area is 101 Å². The van der Waals surface area contributed by atoms with E-state index in [-0.39, 0.29) is 0 Å². The van der Waals surface area contributed by atoms with Crippen molar-refractivity contribution in [2.45, 2.75) is 18.9 Å². The van der Waals surface area contributed by atoms with Crippen molar-refractivity contribution in [1.82, 2.24) is 5.32 Å². The monoisotopic (exact) mass is 221 g/mol. The number of fused-ring (bicyclic) bond motifs is 3. The van der Waals surface area contributed by atoms with Crippen molar-refractivity contribution < 1.29 is 0 Å². The highest BCUT2D eigenvalue weighted by Gasteiger charge is 2.22. The molecule has 0 aromatic heterocycles. The third kappa shape index (κ3) is 1.36. The second kappa shape index (κ2) is 3.44. The van der Waals surface area contributed by atoms with E-state index in [1.165, 1.54) is 40.8 Å². The maximum Gasteiger partial charge on any atom is 0.0332 e. The van der Waals surface area contributed by atoms with Crippen LogP contribution in [0.1, 0.15) is 29.2 Å². The Morgan fingerprint density at radius 1 is 0.941 bits per heavy atom. The molecule has 0 spiro atoms. The molecule has 1 heterocycles.